The van der Waals surface area contributed by atoms with Crippen molar-refractivity contribution in [3.05, 3.63) is 77.9 Å². The van der Waals surface area contributed by atoms with Crippen LogP contribution < -0.4 is 4.72 Å². The molecule has 3 aromatic carbocycles. The zero-order valence-corrected chi connectivity index (χ0v) is 14.5. The van der Waals surface area contributed by atoms with Crippen LogP contribution in [0.15, 0.2) is 65.6 Å². The van der Waals surface area contributed by atoms with Crippen LogP contribution >= 0.6 is 0 Å². The lowest BCUT2D eigenvalue weighted by Crippen LogP contribution is -2.26. The van der Waals surface area contributed by atoms with Crippen molar-refractivity contribution in [2.45, 2.75) is 17.4 Å². The Bertz CT molecular complexity index is 1030. The number of benzene rings is 3. The van der Waals surface area contributed by atoms with Gasteiger partial charge in [-0.25, -0.2) is 21.9 Å². The zero-order chi connectivity index (χ0) is 18.7. The monoisotopic (exact) mass is 377 g/mol. The molecule has 0 amide bonds. The standard InChI is InChI=1S/C19H17F2NO3S/c20-17-9-8-14(12-18(17)21)26(24,25)22-11-10-19(23)16-7-3-5-13-4-1-2-6-15(13)16/h1-9,12,19,22-23H,10-11H2. The third-order valence-electron chi connectivity index (χ3n) is 4.09. The molecule has 7 heteroatoms. The molecule has 0 saturated carbocycles. The third kappa shape index (κ3) is 3.90. The van der Waals surface area contributed by atoms with Crippen molar-refractivity contribution in [1.29, 1.82) is 0 Å². The molecule has 0 aromatic heterocycles. The largest absolute Gasteiger partial charge is 0.388 e. The number of aliphatic hydroxyl groups excluding tert-OH is 1. The maximum Gasteiger partial charge on any atom is 0.240 e. The van der Waals surface area contributed by atoms with Crippen molar-refractivity contribution in [3.63, 3.8) is 0 Å². The second kappa shape index (κ2) is 7.49. The van der Waals surface area contributed by atoms with Gasteiger partial charge in [0.25, 0.3) is 0 Å². The molecule has 2 N–H and O–H groups in total. The normalized spacial score (nSPS) is 13.0. The van der Waals surface area contributed by atoms with Gasteiger partial charge < -0.3 is 5.11 Å². The summed E-state index contributed by atoms with van der Waals surface area (Å²) in [4.78, 5) is -0.365. The molecule has 1 unspecified atom stereocenters. The first-order valence-electron chi connectivity index (χ1n) is 7.99. The SMILES string of the molecule is O=S(=O)(NCCC(O)c1cccc2ccccc12)c1ccc(F)c(F)c1. The van der Waals surface area contributed by atoms with E-state index in [4.69, 9.17) is 0 Å². The van der Waals surface area contributed by atoms with E-state index in [9.17, 15) is 22.3 Å². The Morgan fingerprint density at radius 2 is 1.69 bits per heavy atom. The summed E-state index contributed by atoms with van der Waals surface area (Å²) in [6, 6.07) is 15.5. The molecule has 1 atom stereocenters. The second-order valence-corrected chi connectivity index (χ2v) is 7.61. The number of fused-ring (bicyclic) bond motifs is 1. The van der Waals surface area contributed by atoms with Gasteiger partial charge in [-0.1, -0.05) is 42.5 Å². The number of hydrogen-bond acceptors (Lipinski definition) is 3. The van der Waals surface area contributed by atoms with Crippen molar-refractivity contribution in [1.82, 2.24) is 4.72 Å². The molecular formula is C19H17F2NO3S. The fraction of sp³-hybridized carbons (Fsp3) is 0.158. The number of hydrogen-bond donors (Lipinski definition) is 2. The highest BCUT2D eigenvalue weighted by Crippen LogP contribution is 2.26. The van der Waals surface area contributed by atoms with Crippen LogP contribution in [0.25, 0.3) is 10.8 Å². The molecule has 4 nitrogen and oxygen atoms in total. The van der Waals surface area contributed by atoms with E-state index in [1.807, 2.05) is 36.4 Å². The minimum Gasteiger partial charge on any atom is -0.388 e. The summed E-state index contributed by atoms with van der Waals surface area (Å²) in [5, 5.41) is 12.3. The molecule has 0 bridgehead atoms. The zero-order valence-electron chi connectivity index (χ0n) is 13.7. The van der Waals surface area contributed by atoms with E-state index in [-0.39, 0.29) is 17.9 Å². The van der Waals surface area contributed by atoms with Crippen molar-refractivity contribution in [2.24, 2.45) is 0 Å². The van der Waals surface area contributed by atoms with Gasteiger partial charge in [-0.05, 0) is 41.0 Å². The van der Waals surface area contributed by atoms with Gasteiger partial charge in [0, 0.05) is 6.54 Å². The fourth-order valence-electron chi connectivity index (χ4n) is 2.75. The van der Waals surface area contributed by atoms with Gasteiger partial charge in [-0.15, -0.1) is 0 Å². The van der Waals surface area contributed by atoms with Gasteiger partial charge in [-0.2, -0.15) is 0 Å². The van der Waals surface area contributed by atoms with E-state index in [2.05, 4.69) is 4.72 Å². The van der Waals surface area contributed by atoms with Crippen molar-refractivity contribution in [3.8, 4) is 0 Å². The summed E-state index contributed by atoms with van der Waals surface area (Å²) in [7, 11) is -3.99. The Balaban J connectivity index is 1.69. The summed E-state index contributed by atoms with van der Waals surface area (Å²) < 4.78 is 52.7. The van der Waals surface area contributed by atoms with Crippen LogP contribution in [0.2, 0.25) is 0 Å². The molecule has 0 spiro atoms. The van der Waals surface area contributed by atoms with Gasteiger partial charge in [-0.3, -0.25) is 0 Å². The molecular weight excluding hydrogens is 360 g/mol. The molecule has 136 valence electrons. The highest BCUT2D eigenvalue weighted by molar-refractivity contribution is 7.89. The Kier molecular flexibility index (Phi) is 5.31. The molecule has 3 rings (SSSR count). The lowest BCUT2D eigenvalue weighted by atomic mass is 9.99. The van der Waals surface area contributed by atoms with Gasteiger partial charge in [0.2, 0.25) is 10.0 Å². The first-order chi connectivity index (χ1) is 12.4. The van der Waals surface area contributed by atoms with Crippen LogP contribution in [-0.4, -0.2) is 20.1 Å². The third-order valence-corrected chi connectivity index (χ3v) is 5.55. The maximum atomic E-state index is 13.2. The molecule has 0 heterocycles. The van der Waals surface area contributed by atoms with Crippen LogP contribution in [-0.2, 0) is 10.0 Å². The smallest absolute Gasteiger partial charge is 0.240 e. The van der Waals surface area contributed by atoms with E-state index in [1.54, 1.807) is 6.07 Å². The number of halogens is 2. The lowest BCUT2D eigenvalue weighted by molar-refractivity contribution is 0.170. The predicted molar refractivity (Wildman–Crippen MR) is 95.1 cm³/mol. The number of rotatable bonds is 6. The van der Waals surface area contributed by atoms with Gasteiger partial charge >= 0.3 is 0 Å². The topological polar surface area (TPSA) is 66.4 Å². The van der Waals surface area contributed by atoms with E-state index in [0.29, 0.717) is 11.6 Å². The van der Waals surface area contributed by atoms with E-state index in [0.717, 1.165) is 22.9 Å². The van der Waals surface area contributed by atoms with Gasteiger partial charge in [0.1, 0.15) is 0 Å². The summed E-state index contributed by atoms with van der Waals surface area (Å²) in [6.45, 7) is -0.0499. The quantitative estimate of drug-likeness (QED) is 0.691. The van der Waals surface area contributed by atoms with Crippen molar-refractivity contribution < 1.29 is 22.3 Å². The van der Waals surface area contributed by atoms with Crippen LogP contribution in [0, 0.1) is 11.6 Å². The minimum absolute atomic E-state index is 0.0499. The van der Waals surface area contributed by atoms with E-state index < -0.39 is 27.8 Å². The molecule has 26 heavy (non-hydrogen) atoms. The first kappa shape index (κ1) is 18.4. The lowest BCUT2D eigenvalue weighted by Gasteiger charge is -2.14. The summed E-state index contributed by atoms with van der Waals surface area (Å²) in [5.41, 5.74) is 0.704. The summed E-state index contributed by atoms with van der Waals surface area (Å²) >= 11 is 0. The summed E-state index contributed by atoms with van der Waals surface area (Å²) in [5.74, 6) is -2.35. The van der Waals surface area contributed by atoms with Crippen LogP contribution in [0.5, 0.6) is 0 Å². The molecule has 0 aliphatic heterocycles. The highest BCUT2D eigenvalue weighted by Gasteiger charge is 2.17. The summed E-state index contributed by atoms with van der Waals surface area (Å²) in [6.07, 6.45) is -0.731. The molecule has 0 fully saturated rings. The average Bonchev–Trinajstić information content (AvgIpc) is 2.63. The number of aliphatic hydroxyl groups is 1. The van der Waals surface area contributed by atoms with Crippen molar-refractivity contribution >= 4 is 20.8 Å². The Morgan fingerprint density at radius 1 is 0.962 bits per heavy atom. The Hall–Kier alpha value is -2.35. The minimum atomic E-state index is -3.99. The van der Waals surface area contributed by atoms with Crippen LogP contribution in [0.3, 0.4) is 0 Å². The average molecular weight is 377 g/mol. The maximum absolute atomic E-state index is 13.2. The highest BCUT2D eigenvalue weighted by atomic mass is 32.2. The van der Waals surface area contributed by atoms with E-state index in [1.165, 1.54) is 0 Å². The number of sulfonamides is 1. The van der Waals surface area contributed by atoms with Gasteiger partial charge in [0.15, 0.2) is 11.6 Å². The van der Waals surface area contributed by atoms with Crippen molar-refractivity contribution in [2.75, 3.05) is 6.54 Å². The van der Waals surface area contributed by atoms with Crippen LogP contribution in [0.4, 0.5) is 8.78 Å². The Labute approximate surface area is 150 Å². The Morgan fingerprint density at radius 3 is 2.46 bits per heavy atom. The first-order valence-corrected chi connectivity index (χ1v) is 9.47. The number of nitrogens with one attached hydrogen (secondary N) is 1. The molecule has 0 aliphatic carbocycles. The molecule has 0 aliphatic rings. The second-order valence-electron chi connectivity index (χ2n) is 5.85. The molecule has 3 aromatic rings. The van der Waals surface area contributed by atoms with E-state index >= 15 is 0 Å². The van der Waals surface area contributed by atoms with Gasteiger partial charge in [0.05, 0.1) is 11.0 Å². The predicted octanol–water partition coefficient (Wildman–Crippen LogP) is 3.52. The van der Waals surface area contributed by atoms with Crippen LogP contribution in [0.1, 0.15) is 18.1 Å². The molecule has 0 saturated heterocycles. The fourth-order valence-corrected chi connectivity index (χ4v) is 3.81. The molecule has 0 radical (unpaired) electrons.